The quantitative estimate of drug-likeness (QED) is 0.585. The Labute approximate surface area is 71.2 Å². The van der Waals surface area contributed by atoms with Crippen molar-refractivity contribution in [2.45, 2.75) is 37.1 Å². The van der Waals surface area contributed by atoms with Crippen molar-refractivity contribution < 1.29 is 4.39 Å². The SMILES string of the molecule is CC1([C@@H]2C[C@]2(C)F)CC=CS1. The molecule has 0 N–H and O–H groups in total. The van der Waals surface area contributed by atoms with E-state index in [0.717, 1.165) is 12.8 Å². The zero-order valence-electron chi connectivity index (χ0n) is 6.93. The number of halogens is 1. The largest absolute Gasteiger partial charge is 0.244 e. The molecule has 2 heteroatoms. The van der Waals surface area contributed by atoms with E-state index in [1.807, 2.05) is 0 Å². The van der Waals surface area contributed by atoms with Gasteiger partial charge in [0.1, 0.15) is 5.67 Å². The van der Waals surface area contributed by atoms with E-state index in [2.05, 4.69) is 18.4 Å². The van der Waals surface area contributed by atoms with Gasteiger partial charge < -0.3 is 0 Å². The van der Waals surface area contributed by atoms with Crippen LogP contribution in [0, 0.1) is 5.92 Å². The highest BCUT2D eigenvalue weighted by molar-refractivity contribution is 8.03. The van der Waals surface area contributed by atoms with E-state index >= 15 is 0 Å². The Morgan fingerprint density at radius 1 is 1.55 bits per heavy atom. The second-order valence-corrected chi connectivity index (χ2v) is 5.48. The normalized spacial score (nSPS) is 55.0. The van der Waals surface area contributed by atoms with Gasteiger partial charge in [0.2, 0.25) is 0 Å². The Morgan fingerprint density at radius 3 is 2.55 bits per heavy atom. The van der Waals surface area contributed by atoms with Gasteiger partial charge in [-0.15, -0.1) is 11.8 Å². The van der Waals surface area contributed by atoms with E-state index in [-0.39, 0.29) is 10.7 Å². The lowest BCUT2D eigenvalue weighted by molar-refractivity contribution is 0.290. The van der Waals surface area contributed by atoms with Gasteiger partial charge in [-0.25, -0.2) is 4.39 Å². The maximum Gasteiger partial charge on any atom is 0.113 e. The molecule has 1 saturated carbocycles. The second kappa shape index (κ2) is 2.03. The van der Waals surface area contributed by atoms with Crippen LogP contribution in [0.1, 0.15) is 26.7 Å². The molecule has 0 spiro atoms. The molecule has 0 aromatic heterocycles. The van der Waals surface area contributed by atoms with Crippen LogP contribution in [0.4, 0.5) is 4.39 Å². The maximum absolute atomic E-state index is 13.3. The summed E-state index contributed by atoms with van der Waals surface area (Å²) in [7, 11) is 0. The lowest BCUT2D eigenvalue weighted by Crippen LogP contribution is -2.23. The molecule has 1 unspecified atom stereocenters. The van der Waals surface area contributed by atoms with E-state index < -0.39 is 5.67 Å². The van der Waals surface area contributed by atoms with Gasteiger partial charge in [0.15, 0.2) is 0 Å². The molecule has 0 aromatic carbocycles. The first kappa shape index (κ1) is 7.66. The summed E-state index contributed by atoms with van der Waals surface area (Å²) in [5.41, 5.74) is -0.867. The van der Waals surface area contributed by atoms with Gasteiger partial charge in [-0.3, -0.25) is 0 Å². The van der Waals surface area contributed by atoms with Crippen molar-refractivity contribution in [2.75, 3.05) is 0 Å². The molecule has 11 heavy (non-hydrogen) atoms. The predicted octanol–water partition coefficient (Wildman–Crippen LogP) is 3.14. The molecule has 0 bridgehead atoms. The summed E-state index contributed by atoms with van der Waals surface area (Å²) in [5, 5.41) is 2.11. The van der Waals surface area contributed by atoms with Crippen molar-refractivity contribution in [3.63, 3.8) is 0 Å². The van der Waals surface area contributed by atoms with Crippen LogP contribution in [0.5, 0.6) is 0 Å². The summed E-state index contributed by atoms with van der Waals surface area (Å²) in [6.45, 7) is 3.90. The third-order valence-electron chi connectivity index (χ3n) is 2.86. The Balaban J connectivity index is 2.07. The molecule has 0 aromatic rings. The molecule has 2 aliphatic rings. The molecular weight excluding hydrogens is 159 g/mol. The highest BCUT2D eigenvalue weighted by Gasteiger charge is 2.60. The number of hydrogen-bond donors (Lipinski definition) is 0. The van der Waals surface area contributed by atoms with Gasteiger partial charge in [0, 0.05) is 10.7 Å². The molecule has 0 radical (unpaired) electrons. The van der Waals surface area contributed by atoms with Crippen LogP contribution in [-0.4, -0.2) is 10.4 Å². The minimum atomic E-state index is -0.867. The minimum absolute atomic E-state index is 0.170. The minimum Gasteiger partial charge on any atom is -0.244 e. The maximum atomic E-state index is 13.3. The first-order valence-electron chi connectivity index (χ1n) is 4.06. The lowest BCUT2D eigenvalue weighted by Gasteiger charge is -2.22. The van der Waals surface area contributed by atoms with Gasteiger partial charge in [0.25, 0.3) is 0 Å². The Kier molecular flexibility index (Phi) is 1.42. The molecule has 0 saturated heterocycles. The average molecular weight is 172 g/mol. The summed E-state index contributed by atoms with van der Waals surface area (Å²) in [5.74, 6) is 0.287. The summed E-state index contributed by atoms with van der Waals surface area (Å²) < 4.78 is 13.5. The van der Waals surface area contributed by atoms with Crippen LogP contribution >= 0.6 is 11.8 Å². The summed E-state index contributed by atoms with van der Waals surface area (Å²) >= 11 is 1.80. The van der Waals surface area contributed by atoms with Crippen molar-refractivity contribution in [1.82, 2.24) is 0 Å². The second-order valence-electron chi connectivity index (χ2n) is 4.04. The van der Waals surface area contributed by atoms with Crippen molar-refractivity contribution in [3.05, 3.63) is 11.5 Å². The standard InChI is InChI=1S/C9H13FS/c1-8(10)6-7(8)9(2)4-3-5-11-9/h3,5,7H,4,6H2,1-2H3/t7-,8+,9?/m1/s1. The molecule has 0 nitrogen and oxygen atoms in total. The summed E-state index contributed by atoms with van der Waals surface area (Å²) in [6.07, 6.45) is 3.96. The Hall–Kier alpha value is 0.0200. The number of allylic oxidation sites excluding steroid dienone is 1. The molecule has 1 aliphatic heterocycles. The molecule has 3 atom stereocenters. The smallest absolute Gasteiger partial charge is 0.113 e. The molecule has 2 rings (SSSR count). The van der Waals surface area contributed by atoms with Crippen molar-refractivity contribution in [1.29, 1.82) is 0 Å². The highest BCUT2D eigenvalue weighted by atomic mass is 32.2. The molecule has 62 valence electrons. The summed E-state index contributed by atoms with van der Waals surface area (Å²) in [6, 6.07) is 0. The first-order chi connectivity index (χ1) is 5.05. The van der Waals surface area contributed by atoms with Crippen LogP contribution in [0.3, 0.4) is 0 Å². The van der Waals surface area contributed by atoms with Gasteiger partial charge in [0.05, 0.1) is 0 Å². The third kappa shape index (κ3) is 1.12. The van der Waals surface area contributed by atoms with E-state index in [1.165, 1.54) is 0 Å². The topological polar surface area (TPSA) is 0 Å². The fraction of sp³-hybridized carbons (Fsp3) is 0.778. The van der Waals surface area contributed by atoms with Gasteiger partial charge in [-0.1, -0.05) is 6.08 Å². The first-order valence-corrected chi connectivity index (χ1v) is 4.94. The van der Waals surface area contributed by atoms with Crippen LogP contribution < -0.4 is 0 Å². The van der Waals surface area contributed by atoms with Crippen molar-refractivity contribution in [3.8, 4) is 0 Å². The van der Waals surface area contributed by atoms with E-state index in [0.29, 0.717) is 0 Å². The summed E-state index contributed by atoms with van der Waals surface area (Å²) in [4.78, 5) is 0. The number of hydrogen-bond acceptors (Lipinski definition) is 1. The zero-order valence-corrected chi connectivity index (χ0v) is 7.75. The zero-order chi connectivity index (χ0) is 8.11. The fourth-order valence-corrected chi connectivity index (χ4v) is 3.14. The molecule has 1 aliphatic carbocycles. The number of thioether (sulfide) groups is 1. The lowest BCUT2D eigenvalue weighted by atomic mass is 9.99. The van der Waals surface area contributed by atoms with E-state index in [4.69, 9.17) is 0 Å². The molecule has 1 heterocycles. The van der Waals surface area contributed by atoms with Gasteiger partial charge in [-0.05, 0) is 32.1 Å². The highest BCUT2D eigenvalue weighted by Crippen LogP contribution is 2.60. The average Bonchev–Trinajstić information content (AvgIpc) is 2.41. The molecular formula is C9H13FS. The monoisotopic (exact) mass is 172 g/mol. The Morgan fingerprint density at radius 2 is 2.18 bits per heavy atom. The van der Waals surface area contributed by atoms with E-state index in [9.17, 15) is 4.39 Å². The van der Waals surface area contributed by atoms with Gasteiger partial charge in [-0.2, -0.15) is 0 Å². The van der Waals surface area contributed by atoms with Crippen LogP contribution in [-0.2, 0) is 0 Å². The fourth-order valence-electron chi connectivity index (χ4n) is 1.95. The number of rotatable bonds is 1. The van der Waals surface area contributed by atoms with Crippen LogP contribution in [0.25, 0.3) is 0 Å². The van der Waals surface area contributed by atoms with Gasteiger partial charge >= 0.3 is 0 Å². The predicted molar refractivity (Wildman–Crippen MR) is 47.4 cm³/mol. The Bertz CT molecular complexity index is 200. The number of alkyl halides is 1. The molecule has 0 amide bonds. The van der Waals surface area contributed by atoms with Crippen molar-refractivity contribution >= 4 is 11.8 Å². The van der Waals surface area contributed by atoms with Crippen LogP contribution in [0.15, 0.2) is 11.5 Å². The molecule has 1 fully saturated rings. The van der Waals surface area contributed by atoms with Crippen LogP contribution in [0.2, 0.25) is 0 Å². The van der Waals surface area contributed by atoms with E-state index in [1.54, 1.807) is 18.7 Å². The van der Waals surface area contributed by atoms with Crippen molar-refractivity contribution in [2.24, 2.45) is 5.92 Å². The third-order valence-corrected chi connectivity index (χ3v) is 4.18.